The molecule has 142 valence electrons. The Morgan fingerprint density at radius 3 is 2.52 bits per heavy atom. The zero-order valence-electron chi connectivity index (χ0n) is 15.3. The van der Waals surface area contributed by atoms with Gasteiger partial charge in [0.2, 0.25) is 0 Å². The zero-order valence-corrected chi connectivity index (χ0v) is 16.9. The van der Waals surface area contributed by atoms with E-state index < -0.39 is 15.7 Å². The average Bonchev–Trinajstić information content (AvgIpc) is 2.95. The molecule has 1 amide bonds. The molecule has 3 rings (SSSR count). The fourth-order valence-corrected chi connectivity index (χ4v) is 4.44. The Balaban J connectivity index is 2.04. The van der Waals surface area contributed by atoms with Crippen LogP contribution in [0, 0.1) is 6.92 Å². The molecule has 1 heterocycles. The highest BCUT2D eigenvalue weighted by Gasteiger charge is 2.11. The van der Waals surface area contributed by atoms with Crippen molar-refractivity contribution in [3.05, 3.63) is 58.4 Å². The zero-order chi connectivity index (χ0) is 19.6. The van der Waals surface area contributed by atoms with Gasteiger partial charge in [-0.2, -0.15) is 4.99 Å². The van der Waals surface area contributed by atoms with Gasteiger partial charge in [0.1, 0.15) is 0 Å². The Kier molecular flexibility index (Phi) is 5.59. The molecule has 3 aromatic rings. The van der Waals surface area contributed by atoms with Crippen molar-refractivity contribution in [2.45, 2.75) is 18.4 Å². The first-order chi connectivity index (χ1) is 12.8. The highest BCUT2D eigenvalue weighted by Crippen LogP contribution is 2.19. The molecule has 6 nitrogen and oxygen atoms in total. The number of benzene rings is 2. The summed E-state index contributed by atoms with van der Waals surface area (Å²) in [7, 11) is -1.67. The summed E-state index contributed by atoms with van der Waals surface area (Å²) in [5, 5.41) is 0. The molecule has 0 aliphatic carbocycles. The Bertz CT molecular complexity index is 1160. The second kappa shape index (κ2) is 7.75. The Hall–Kier alpha value is -2.29. The Morgan fingerprint density at radius 1 is 1.19 bits per heavy atom. The standard InChI is InChI=1S/C19H20N2O4S2/c1-13-4-9-16-17(12-13)26-19(21(16)10-11-25-2)20-18(22)14-5-7-15(8-6-14)27(3,23)24/h4-9,12H,10-11H2,1-3H3. The minimum absolute atomic E-state index is 0.173. The number of aryl methyl sites for hydroxylation is 1. The fraction of sp³-hybridized carbons (Fsp3) is 0.263. The highest BCUT2D eigenvalue weighted by atomic mass is 32.2. The number of amides is 1. The number of carbonyl (C=O) groups is 1. The van der Waals surface area contributed by atoms with E-state index in [-0.39, 0.29) is 4.90 Å². The van der Waals surface area contributed by atoms with Gasteiger partial charge in [-0.05, 0) is 48.9 Å². The predicted molar refractivity (Wildman–Crippen MR) is 106 cm³/mol. The third kappa shape index (κ3) is 4.35. The van der Waals surface area contributed by atoms with Crippen LogP contribution in [-0.4, -0.2) is 38.9 Å². The minimum atomic E-state index is -3.30. The lowest BCUT2D eigenvalue weighted by Gasteiger charge is -2.04. The molecule has 0 aliphatic heterocycles. The van der Waals surface area contributed by atoms with Gasteiger partial charge in [0.15, 0.2) is 14.6 Å². The van der Waals surface area contributed by atoms with Crippen molar-refractivity contribution in [2.75, 3.05) is 20.0 Å². The van der Waals surface area contributed by atoms with Crippen LogP contribution in [0.1, 0.15) is 15.9 Å². The van der Waals surface area contributed by atoms with Gasteiger partial charge in [0.05, 0.1) is 21.7 Å². The van der Waals surface area contributed by atoms with Crippen molar-refractivity contribution in [3.8, 4) is 0 Å². The molecule has 0 N–H and O–H groups in total. The highest BCUT2D eigenvalue weighted by molar-refractivity contribution is 7.90. The first-order valence-electron chi connectivity index (χ1n) is 8.28. The topological polar surface area (TPSA) is 77.7 Å². The molecule has 27 heavy (non-hydrogen) atoms. The van der Waals surface area contributed by atoms with Crippen LogP contribution >= 0.6 is 11.3 Å². The monoisotopic (exact) mass is 404 g/mol. The summed E-state index contributed by atoms with van der Waals surface area (Å²) < 4.78 is 31.3. The normalized spacial score (nSPS) is 12.6. The number of methoxy groups -OCH3 is 1. The number of aromatic nitrogens is 1. The van der Waals surface area contributed by atoms with Crippen LogP contribution in [0.15, 0.2) is 52.4 Å². The summed E-state index contributed by atoms with van der Waals surface area (Å²) in [5.74, 6) is -0.413. The van der Waals surface area contributed by atoms with Crippen LogP contribution in [0.4, 0.5) is 0 Å². The molecular weight excluding hydrogens is 384 g/mol. The molecule has 0 unspecified atom stereocenters. The number of hydrogen-bond donors (Lipinski definition) is 0. The molecule has 0 spiro atoms. The average molecular weight is 405 g/mol. The van der Waals surface area contributed by atoms with Gasteiger partial charge in [-0.15, -0.1) is 0 Å². The van der Waals surface area contributed by atoms with Crippen LogP contribution in [0.2, 0.25) is 0 Å². The first-order valence-corrected chi connectivity index (χ1v) is 11.0. The number of nitrogens with zero attached hydrogens (tertiary/aromatic N) is 2. The van der Waals surface area contributed by atoms with E-state index >= 15 is 0 Å². The number of fused-ring (bicyclic) bond motifs is 1. The third-order valence-corrected chi connectivity index (χ3v) is 6.25. The van der Waals surface area contributed by atoms with E-state index in [0.29, 0.717) is 23.5 Å². The van der Waals surface area contributed by atoms with Crippen molar-refractivity contribution >= 4 is 37.3 Å². The van der Waals surface area contributed by atoms with Gasteiger partial charge in [-0.1, -0.05) is 17.4 Å². The number of sulfone groups is 1. The van der Waals surface area contributed by atoms with E-state index in [9.17, 15) is 13.2 Å². The quantitative estimate of drug-likeness (QED) is 0.655. The molecule has 1 aromatic heterocycles. The molecular formula is C19H20N2O4S2. The largest absolute Gasteiger partial charge is 0.383 e. The van der Waals surface area contributed by atoms with Crippen LogP contribution in [0.3, 0.4) is 0 Å². The summed E-state index contributed by atoms with van der Waals surface area (Å²) in [5.41, 5.74) is 2.48. The maximum Gasteiger partial charge on any atom is 0.279 e. The molecule has 0 saturated carbocycles. The van der Waals surface area contributed by atoms with Gasteiger partial charge >= 0.3 is 0 Å². The van der Waals surface area contributed by atoms with Crippen molar-refractivity contribution in [1.82, 2.24) is 4.57 Å². The van der Waals surface area contributed by atoms with Gasteiger partial charge in [-0.3, -0.25) is 4.79 Å². The molecule has 0 aliphatic rings. The van der Waals surface area contributed by atoms with E-state index in [1.165, 1.54) is 35.6 Å². The van der Waals surface area contributed by atoms with Crippen molar-refractivity contribution in [3.63, 3.8) is 0 Å². The van der Waals surface area contributed by atoms with E-state index in [4.69, 9.17) is 4.74 Å². The van der Waals surface area contributed by atoms with Crippen LogP contribution in [0.25, 0.3) is 10.2 Å². The minimum Gasteiger partial charge on any atom is -0.383 e. The second-order valence-corrected chi connectivity index (χ2v) is 9.24. The maximum atomic E-state index is 12.6. The second-order valence-electron chi connectivity index (χ2n) is 6.21. The number of rotatable bonds is 5. The molecule has 0 fully saturated rings. The lowest BCUT2D eigenvalue weighted by Crippen LogP contribution is -2.19. The maximum absolute atomic E-state index is 12.6. The molecule has 8 heteroatoms. The fourth-order valence-electron chi connectivity index (χ4n) is 2.66. The van der Waals surface area contributed by atoms with Crippen molar-refractivity contribution in [1.29, 1.82) is 0 Å². The molecule has 2 aromatic carbocycles. The number of carbonyl (C=O) groups excluding carboxylic acids is 1. The lowest BCUT2D eigenvalue weighted by molar-refractivity contribution is 0.0997. The van der Waals surface area contributed by atoms with Crippen LogP contribution < -0.4 is 4.80 Å². The van der Waals surface area contributed by atoms with Crippen molar-refractivity contribution < 1.29 is 17.9 Å². The Labute approximate surface area is 161 Å². The SMILES string of the molecule is COCCn1c(=NC(=O)c2ccc(S(C)(=O)=O)cc2)sc2cc(C)ccc21. The van der Waals surface area contributed by atoms with Crippen LogP contribution in [0.5, 0.6) is 0 Å². The smallest absolute Gasteiger partial charge is 0.279 e. The number of ether oxygens (including phenoxy) is 1. The predicted octanol–water partition coefficient (Wildman–Crippen LogP) is 2.80. The van der Waals surface area contributed by atoms with E-state index in [0.717, 1.165) is 22.0 Å². The molecule has 0 atom stereocenters. The number of hydrogen-bond acceptors (Lipinski definition) is 5. The van der Waals surface area contributed by atoms with Crippen molar-refractivity contribution in [2.24, 2.45) is 4.99 Å². The van der Waals surface area contributed by atoms with E-state index in [1.54, 1.807) is 7.11 Å². The summed E-state index contributed by atoms with van der Waals surface area (Å²) in [6.07, 6.45) is 1.13. The van der Waals surface area contributed by atoms with Gasteiger partial charge in [0.25, 0.3) is 5.91 Å². The van der Waals surface area contributed by atoms with Gasteiger partial charge in [0, 0.05) is 25.5 Å². The first kappa shape index (κ1) is 19.5. The van der Waals surface area contributed by atoms with Crippen LogP contribution in [-0.2, 0) is 21.1 Å². The van der Waals surface area contributed by atoms with Gasteiger partial charge < -0.3 is 9.30 Å². The van der Waals surface area contributed by atoms with Gasteiger partial charge in [-0.25, -0.2) is 8.42 Å². The summed E-state index contributed by atoms with van der Waals surface area (Å²) in [6, 6.07) is 11.9. The molecule has 0 radical (unpaired) electrons. The summed E-state index contributed by atoms with van der Waals surface area (Å²) in [4.78, 5) is 17.6. The Morgan fingerprint density at radius 2 is 1.89 bits per heavy atom. The lowest BCUT2D eigenvalue weighted by atomic mass is 10.2. The number of thiazole rings is 1. The molecule has 0 saturated heterocycles. The molecule has 0 bridgehead atoms. The summed E-state index contributed by atoms with van der Waals surface area (Å²) >= 11 is 1.44. The van der Waals surface area contributed by atoms with E-state index in [2.05, 4.69) is 11.1 Å². The third-order valence-electron chi connectivity index (χ3n) is 4.08. The van der Waals surface area contributed by atoms with E-state index in [1.807, 2.05) is 23.6 Å². The summed E-state index contributed by atoms with van der Waals surface area (Å²) in [6.45, 7) is 3.10.